The van der Waals surface area contributed by atoms with Crippen molar-refractivity contribution in [1.29, 1.82) is 0 Å². The fourth-order valence-corrected chi connectivity index (χ4v) is 2.27. The first-order valence-corrected chi connectivity index (χ1v) is 7.75. The molecule has 1 N–H and O–H groups in total. The van der Waals surface area contributed by atoms with Gasteiger partial charge in [-0.15, -0.1) is 0 Å². The number of nitrogens with zero attached hydrogens (tertiary/aromatic N) is 2. The van der Waals surface area contributed by atoms with E-state index in [0.717, 1.165) is 17.0 Å². The Morgan fingerprint density at radius 1 is 1.22 bits per heavy atom. The van der Waals surface area contributed by atoms with Crippen LogP contribution in [0.3, 0.4) is 0 Å². The molecular formula is C18H23N3O2. The lowest BCUT2D eigenvalue weighted by Gasteiger charge is -2.18. The van der Waals surface area contributed by atoms with E-state index in [1.165, 1.54) is 0 Å². The minimum absolute atomic E-state index is 0.0213. The maximum Gasteiger partial charge on any atom is 0.234 e. The Hall–Kier alpha value is -2.40. The van der Waals surface area contributed by atoms with Crippen molar-refractivity contribution in [3.63, 3.8) is 0 Å². The molecule has 23 heavy (non-hydrogen) atoms. The molecule has 0 unspecified atom stereocenters. The highest BCUT2D eigenvalue weighted by molar-refractivity contribution is 5.77. The van der Waals surface area contributed by atoms with Crippen molar-refractivity contribution in [2.24, 2.45) is 0 Å². The van der Waals surface area contributed by atoms with Gasteiger partial charge in [-0.25, -0.2) is 0 Å². The summed E-state index contributed by atoms with van der Waals surface area (Å²) in [7, 11) is 1.92. The number of carbonyl (C=O) groups is 1. The third kappa shape index (κ3) is 5.71. The molecule has 0 aliphatic carbocycles. The van der Waals surface area contributed by atoms with Crippen LogP contribution in [0.1, 0.15) is 18.2 Å². The van der Waals surface area contributed by atoms with Crippen LogP contribution < -0.4 is 10.1 Å². The molecule has 0 atom stereocenters. The van der Waals surface area contributed by atoms with Crippen LogP contribution in [-0.2, 0) is 17.9 Å². The summed E-state index contributed by atoms with van der Waals surface area (Å²) in [5.74, 6) is 0.850. The van der Waals surface area contributed by atoms with Crippen molar-refractivity contribution in [1.82, 2.24) is 15.2 Å². The van der Waals surface area contributed by atoms with E-state index in [2.05, 4.69) is 10.3 Å². The summed E-state index contributed by atoms with van der Waals surface area (Å²) >= 11 is 0. The fourth-order valence-electron chi connectivity index (χ4n) is 2.27. The highest BCUT2D eigenvalue weighted by Gasteiger charge is 2.10. The summed E-state index contributed by atoms with van der Waals surface area (Å²) in [5.41, 5.74) is 1.93. The van der Waals surface area contributed by atoms with E-state index in [1.54, 1.807) is 6.20 Å². The Kier molecular flexibility index (Phi) is 6.56. The number of carbonyl (C=O) groups excluding carboxylic acids is 1. The van der Waals surface area contributed by atoms with Crippen LogP contribution in [0.25, 0.3) is 0 Å². The maximum absolute atomic E-state index is 12.0. The van der Waals surface area contributed by atoms with Crippen LogP contribution in [0.2, 0.25) is 0 Å². The minimum atomic E-state index is -0.0213. The largest absolute Gasteiger partial charge is 0.494 e. The summed E-state index contributed by atoms with van der Waals surface area (Å²) in [6.07, 6.45) is 1.72. The van der Waals surface area contributed by atoms with Crippen molar-refractivity contribution in [2.45, 2.75) is 20.0 Å². The van der Waals surface area contributed by atoms with Gasteiger partial charge < -0.3 is 10.1 Å². The van der Waals surface area contributed by atoms with Crippen LogP contribution in [0.4, 0.5) is 0 Å². The first kappa shape index (κ1) is 17.0. The molecular weight excluding hydrogens is 290 g/mol. The summed E-state index contributed by atoms with van der Waals surface area (Å²) < 4.78 is 5.61. The molecule has 1 aromatic carbocycles. The second kappa shape index (κ2) is 8.90. The number of hydrogen-bond donors (Lipinski definition) is 1. The molecule has 0 saturated heterocycles. The van der Waals surface area contributed by atoms with Crippen molar-refractivity contribution in [3.05, 3.63) is 59.9 Å². The summed E-state index contributed by atoms with van der Waals surface area (Å²) in [5, 5.41) is 2.88. The number of pyridine rings is 1. The van der Waals surface area contributed by atoms with E-state index in [9.17, 15) is 4.79 Å². The molecule has 2 rings (SSSR count). The zero-order chi connectivity index (χ0) is 16.5. The smallest absolute Gasteiger partial charge is 0.234 e. The number of likely N-dealkylation sites (N-methyl/N-ethyl adjacent to an activating group) is 1. The van der Waals surface area contributed by atoms with Gasteiger partial charge in [-0.05, 0) is 32.2 Å². The number of para-hydroxylation sites is 1. The van der Waals surface area contributed by atoms with Gasteiger partial charge >= 0.3 is 0 Å². The van der Waals surface area contributed by atoms with Crippen molar-refractivity contribution < 1.29 is 9.53 Å². The molecule has 5 nitrogen and oxygen atoms in total. The Bertz CT molecular complexity index is 617. The SMILES string of the molecule is CCOc1ccccc1CN(C)CC(=O)NCc1ccccn1. The lowest BCUT2D eigenvalue weighted by Crippen LogP contribution is -2.34. The molecule has 0 spiro atoms. The molecule has 0 aliphatic rings. The average Bonchev–Trinajstić information content (AvgIpc) is 2.56. The fraction of sp³-hybridized carbons (Fsp3) is 0.333. The monoisotopic (exact) mass is 313 g/mol. The lowest BCUT2D eigenvalue weighted by molar-refractivity contribution is -0.122. The number of aromatic nitrogens is 1. The van der Waals surface area contributed by atoms with Crippen molar-refractivity contribution >= 4 is 5.91 Å². The van der Waals surface area contributed by atoms with E-state index in [4.69, 9.17) is 4.74 Å². The Morgan fingerprint density at radius 3 is 2.74 bits per heavy atom. The highest BCUT2D eigenvalue weighted by Crippen LogP contribution is 2.19. The van der Waals surface area contributed by atoms with E-state index >= 15 is 0 Å². The van der Waals surface area contributed by atoms with Gasteiger partial charge in [0.15, 0.2) is 0 Å². The third-order valence-electron chi connectivity index (χ3n) is 3.32. The zero-order valence-corrected chi connectivity index (χ0v) is 13.7. The summed E-state index contributed by atoms with van der Waals surface area (Å²) in [4.78, 5) is 18.2. The number of nitrogens with one attached hydrogen (secondary N) is 1. The van der Waals surface area contributed by atoms with E-state index in [1.807, 2.05) is 61.3 Å². The van der Waals surface area contributed by atoms with Crippen LogP contribution in [-0.4, -0.2) is 36.0 Å². The Labute approximate surface area is 137 Å². The predicted octanol–water partition coefficient (Wildman–Crippen LogP) is 2.23. The average molecular weight is 313 g/mol. The first-order chi connectivity index (χ1) is 11.2. The summed E-state index contributed by atoms with van der Waals surface area (Å²) in [6, 6.07) is 13.6. The second-order valence-electron chi connectivity index (χ2n) is 5.31. The van der Waals surface area contributed by atoms with E-state index in [-0.39, 0.29) is 5.91 Å². The van der Waals surface area contributed by atoms with Gasteiger partial charge in [0.25, 0.3) is 0 Å². The van der Waals surface area contributed by atoms with Gasteiger partial charge in [-0.2, -0.15) is 0 Å². The van der Waals surface area contributed by atoms with Crippen LogP contribution >= 0.6 is 0 Å². The minimum Gasteiger partial charge on any atom is -0.494 e. The third-order valence-corrected chi connectivity index (χ3v) is 3.32. The molecule has 0 saturated carbocycles. The number of amides is 1. The van der Waals surface area contributed by atoms with E-state index < -0.39 is 0 Å². The lowest BCUT2D eigenvalue weighted by atomic mass is 10.2. The van der Waals surface area contributed by atoms with Gasteiger partial charge in [0, 0.05) is 18.3 Å². The molecule has 5 heteroatoms. The molecule has 122 valence electrons. The van der Waals surface area contributed by atoms with Gasteiger partial charge in [-0.1, -0.05) is 24.3 Å². The summed E-state index contributed by atoms with van der Waals surface area (Å²) in [6.45, 7) is 4.03. The quantitative estimate of drug-likeness (QED) is 0.812. The normalized spacial score (nSPS) is 10.6. The first-order valence-electron chi connectivity index (χ1n) is 7.75. The van der Waals surface area contributed by atoms with E-state index in [0.29, 0.717) is 26.2 Å². The Morgan fingerprint density at radius 2 is 2.00 bits per heavy atom. The number of rotatable bonds is 8. The zero-order valence-electron chi connectivity index (χ0n) is 13.7. The standard InChI is InChI=1S/C18H23N3O2/c1-3-23-17-10-5-4-8-15(17)13-21(2)14-18(22)20-12-16-9-6-7-11-19-16/h4-11H,3,12-14H2,1-2H3,(H,20,22). The van der Waals surface area contributed by atoms with Gasteiger partial charge in [0.05, 0.1) is 25.4 Å². The van der Waals surface area contributed by atoms with Crippen LogP contribution in [0.15, 0.2) is 48.7 Å². The number of ether oxygens (including phenoxy) is 1. The molecule has 0 fully saturated rings. The van der Waals surface area contributed by atoms with Gasteiger partial charge in [-0.3, -0.25) is 14.7 Å². The molecule has 1 aromatic heterocycles. The van der Waals surface area contributed by atoms with Crippen molar-refractivity contribution in [2.75, 3.05) is 20.2 Å². The molecule has 2 aromatic rings. The van der Waals surface area contributed by atoms with Gasteiger partial charge in [0.1, 0.15) is 5.75 Å². The highest BCUT2D eigenvalue weighted by atomic mass is 16.5. The Balaban J connectivity index is 1.82. The molecule has 1 amide bonds. The van der Waals surface area contributed by atoms with Crippen molar-refractivity contribution in [3.8, 4) is 5.75 Å². The molecule has 0 bridgehead atoms. The van der Waals surface area contributed by atoms with Crippen LogP contribution in [0, 0.1) is 0 Å². The number of hydrogen-bond acceptors (Lipinski definition) is 4. The molecule has 0 radical (unpaired) electrons. The maximum atomic E-state index is 12.0. The molecule has 0 aliphatic heterocycles. The number of benzene rings is 1. The molecule has 1 heterocycles. The second-order valence-corrected chi connectivity index (χ2v) is 5.31. The van der Waals surface area contributed by atoms with Crippen LogP contribution in [0.5, 0.6) is 5.75 Å². The van der Waals surface area contributed by atoms with Gasteiger partial charge in [0.2, 0.25) is 5.91 Å². The topological polar surface area (TPSA) is 54.5 Å². The predicted molar refractivity (Wildman–Crippen MR) is 90.0 cm³/mol.